The molecule has 2 aromatic rings. The molecular formula is C18H21NO3. The van der Waals surface area contributed by atoms with Gasteiger partial charge >= 0.3 is 0 Å². The Morgan fingerprint density at radius 2 is 1.64 bits per heavy atom. The van der Waals surface area contributed by atoms with Gasteiger partial charge in [0.25, 0.3) is 5.91 Å². The van der Waals surface area contributed by atoms with Crippen LogP contribution < -0.4 is 14.8 Å². The van der Waals surface area contributed by atoms with Crippen LogP contribution in [0.1, 0.15) is 16.7 Å². The third-order valence-electron chi connectivity index (χ3n) is 3.59. The lowest BCUT2D eigenvalue weighted by molar-refractivity contribution is -0.118. The SMILES string of the molecule is COc1ccc(NC(=O)COc2c(C)ccc(C)c2C)cc1. The fourth-order valence-corrected chi connectivity index (χ4v) is 2.16. The van der Waals surface area contributed by atoms with Crippen molar-refractivity contribution in [2.24, 2.45) is 0 Å². The van der Waals surface area contributed by atoms with E-state index in [4.69, 9.17) is 9.47 Å². The van der Waals surface area contributed by atoms with E-state index in [1.165, 1.54) is 0 Å². The van der Waals surface area contributed by atoms with Crippen LogP contribution in [0.25, 0.3) is 0 Å². The first-order valence-electron chi connectivity index (χ1n) is 7.14. The second-order valence-corrected chi connectivity index (χ2v) is 5.22. The summed E-state index contributed by atoms with van der Waals surface area (Å²) in [7, 11) is 1.61. The number of nitrogens with one attached hydrogen (secondary N) is 1. The first kappa shape index (κ1) is 15.9. The molecule has 0 aliphatic heterocycles. The number of ether oxygens (including phenoxy) is 2. The molecule has 0 unspecified atom stereocenters. The summed E-state index contributed by atoms with van der Waals surface area (Å²) in [5.41, 5.74) is 3.96. The third-order valence-corrected chi connectivity index (χ3v) is 3.59. The molecule has 0 heterocycles. The van der Waals surface area contributed by atoms with E-state index in [9.17, 15) is 4.79 Å². The number of hydrogen-bond acceptors (Lipinski definition) is 3. The molecule has 0 radical (unpaired) electrons. The molecule has 0 fully saturated rings. The van der Waals surface area contributed by atoms with Gasteiger partial charge in [0, 0.05) is 5.69 Å². The lowest BCUT2D eigenvalue weighted by Crippen LogP contribution is -2.20. The normalized spacial score (nSPS) is 10.2. The van der Waals surface area contributed by atoms with Gasteiger partial charge in [0.1, 0.15) is 11.5 Å². The standard InChI is InChI=1S/C18H21NO3/c1-12-5-6-13(2)18(14(12)3)22-11-17(20)19-15-7-9-16(21-4)10-8-15/h5-10H,11H2,1-4H3,(H,19,20). The predicted octanol–water partition coefficient (Wildman–Crippen LogP) is 3.64. The van der Waals surface area contributed by atoms with Crippen molar-refractivity contribution in [3.05, 3.63) is 53.1 Å². The van der Waals surface area contributed by atoms with E-state index in [2.05, 4.69) is 11.4 Å². The van der Waals surface area contributed by atoms with E-state index in [1.807, 2.05) is 26.8 Å². The Balaban J connectivity index is 1.97. The zero-order chi connectivity index (χ0) is 16.1. The molecule has 0 bridgehead atoms. The minimum Gasteiger partial charge on any atom is -0.497 e. The van der Waals surface area contributed by atoms with Gasteiger partial charge in [-0.05, 0) is 61.7 Å². The average Bonchev–Trinajstić information content (AvgIpc) is 2.52. The summed E-state index contributed by atoms with van der Waals surface area (Å²) in [4.78, 5) is 12.0. The van der Waals surface area contributed by atoms with E-state index in [1.54, 1.807) is 31.4 Å². The molecule has 0 saturated carbocycles. The molecule has 2 rings (SSSR count). The topological polar surface area (TPSA) is 47.6 Å². The number of carbonyl (C=O) groups excluding carboxylic acids is 1. The number of anilines is 1. The van der Waals surface area contributed by atoms with Gasteiger partial charge in [-0.15, -0.1) is 0 Å². The highest BCUT2D eigenvalue weighted by Crippen LogP contribution is 2.25. The largest absolute Gasteiger partial charge is 0.497 e. The molecule has 1 N–H and O–H groups in total. The van der Waals surface area contributed by atoms with E-state index >= 15 is 0 Å². The summed E-state index contributed by atoms with van der Waals surface area (Å²) < 4.78 is 10.8. The third kappa shape index (κ3) is 3.79. The molecule has 4 nitrogen and oxygen atoms in total. The smallest absolute Gasteiger partial charge is 0.262 e. The van der Waals surface area contributed by atoms with Gasteiger partial charge in [0.2, 0.25) is 0 Å². The maximum absolute atomic E-state index is 12.0. The Morgan fingerprint density at radius 3 is 2.27 bits per heavy atom. The molecule has 0 aromatic heterocycles. The monoisotopic (exact) mass is 299 g/mol. The van der Waals surface area contributed by atoms with Gasteiger partial charge in [0.05, 0.1) is 7.11 Å². The van der Waals surface area contributed by atoms with Crippen LogP contribution in [0.15, 0.2) is 36.4 Å². The number of aryl methyl sites for hydroxylation is 2. The van der Waals surface area contributed by atoms with E-state index < -0.39 is 0 Å². The highest BCUT2D eigenvalue weighted by Gasteiger charge is 2.09. The van der Waals surface area contributed by atoms with Gasteiger partial charge in [-0.1, -0.05) is 12.1 Å². The molecular weight excluding hydrogens is 278 g/mol. The molecule has 0 saturated heterocycles. The first-order chi connectivity index (χ1) is 10.5. The van der Waals surface area contributed by atoms with Crippen molar-refractivity contribution in [2.45, 2.75) is 20.8 Å². The minimum absolute atomic E-state index is 0.0167. The van der Waals surface area contributed by atoms with Crippen molar-refractivity contribution in [3.63, 3.8) is 0 Å². The van der Waals surface area contributed by atoms with Gasteiger partial charge in [-0.2, -0.15) is 0 Å². The lowest BCUT2D eigenvalue weighted by Gasteiger charge is -2.14. The van der Waals surface area contributed by atoms with E-state index in [0.717, 1.165) is 28.2 Å². The fraction of sp³-hybridized carbons (Fsp3) is 0.278. The molecule has 22 heavy (non-hydrogen) atoms. The Hall–Kier alpha value is -2.49. The molecule has 116 valence electrons. The zero-order valence-electron chi connectivity index (χ0n) is 13.4. The second-order valence-electron chi connectivity index (χ2n) is 5.22. The summed E-state index contributed by atoms with van der Waals surface area (Å²) >= 11 is 0. The molecule has 2 aromatic carbocycles. The fourth-order valence-electron chi connectivity index (χ4n) is 2.16. The van der Waals surface area contributed by atoms with Crippen LogP contribution in [0.2, 0.25) is 0 Å². The summed E-state index contributed by atoms with van der Waals surface area (Å²) in [6, 6.07) is 11.2. The van der Waals surface area contributed by atoms with Gasteiger partial charge in [-0.3, -0.25) is 4.79 Å². The molecule has 1 amide bonds. The number of amides is 1. The summed E-state index contributed by atoms with van der Waals surface area (Å²) in [6.07, 6.45) is 0. The van der Waals surface area contributed by atoms with Crippen LogP contribution in [-0.2, 0) is 4.79 Å². The van der Waals surface area contributed by atoms with Gasteiger partial charge in [-0.25, -0.2) is 0 Å². The number of hydrogen-bond donors (Lipinski definition) is 1. The van der Waals surface area contributed by atoms with Crippen molar-refractivity contribution in [1.82, 2.24) is 0 Å². The second kappa shape index (κ2) is 6.98. The first-order valence-corrected chi connectivity index (χ1v) is 7.14. The number of benzene rings is 2. The Labute approximate surface area is 131 Å². The van der Waals surface area contributed by atoms with Crippen LogP contribution in [0, 0.1) is 20.8 Å². The number of methoxy groups -OCH3 is 1. The van der Waals surface area contributed by atoms with Crippen LogP contribution in [0.4, 0.5) is 5.69 Å². The van der Waals surface area contributed by atoms with Crippen molar-refractivity contribution in [3.8, 4) is 11.5 Å². The van der Waals surface area contributed by atoms with Crippen molar-refractivity contribution in [1.29, 1.82) is 0 Å². The van der Waals surface area contributed by atoms with Crippen molar-refractivity contribution in [2.75, 3.05) is 19.0 Å². The van der Waals surface area contributed by atoms with Crippen molar-refractivity contribution < 1.29 is 14.3 Å². The van der Waals surface area contributed by atoms with E-state index in [0.29, 0.717) is 5.69 Å². The number of rotatable bonds is 5. The Morgan fingerprint density at radius 1 is 1.00 bits per heavy atom. The average molecular weight is 299 g/mol. The molecule has 0 atom stereocenters. The minimum atomic E-state index is -0.189. The highest BCUT2D eigenvalue weighted by molar-refractivity contribution is 5.91. The van der Waals surface area contributed by atoms with Crippen molar-refractivity contribution >= 4 is 11.6 Å². The Bertz CT molecular complexity index is 663. The predicted molar refractivity (Wildman–Crippen MR) is 87.8 cm³/mol. The van der Waals surface area contributed by atoms with E-state index in [-0.39, 0.29) is 12.5 Å². The number of carbonyl (C=O) groups is 1. The molecule has 0 spiro atoms. The molecule has 0 aliphatic rings. The highest BCUT2D eigenvalue weighted by atomic mass is 16.5. The lowest BCUT2D eigenvalue weighted by atomic mass is 10.1. The van der Waals surface area contributed by atoms with Gasteiger partial charge < -0.3 is 14.8 Å². The molecule has 4 heteroatoms. The summed E-state index contributed by atoms with van der Waals surface area (Å²) in [6.45, 7) is 5.98. The zero-order valence-corrected chi connectivity index (χ0v) is 13.4. The van der Waals surface area contributed by atoms with Crippen LogP contribution in [-0.4, -0.2) is 19.6 Å². The van der Waals surface area contributed by atoms with Crippen LogP contribution in [0.5, 0.6) is 11.5 Å². The van der Waals surface area contributed by atoms with Gasteiger partial charge in [0.15, 0.2) is 6.61 Å². The Kier molecular flexibility index (Phi) is 5.04. The van der Waals surface area contributed by atoms with Crippen LogP contribution >= 0.6 is 0 Å². The quantitative estimate of drug-likeness (QED) is 0.917. The van der Waals surface area contributed by atoms with Crippen LogP contribution in [0.3, 0.4) is 0 Å². The maximum atomic E-state index is 12.0. The maximum Gasteiger partial charge on any atom is 0.262 e. The summed E-state index contributed by atoms with van der Waals surface area (Å²) in [5, 5.41) is 2.80. The molecule has 0 aliphatic carbocycles. The summed E-state index contributed by atoms with van der Waals surface area (Å²) in [5.74, 6) is 1.34.